The van der Waals surface area contributed by atoms with Crippen molar-refractivity contribution in [3.05, 3.63) is 66.0 Å². The van der Waals surface area contributed by atoms with E-state index in [1.807, 2.05) is 48.5 Å². The second kappa shape index (κ2) is 7.53. The second-order valence-corrected chi connectivity index (χ2v) is 6.22. The maximum atomic E-state index is 12.3. The first-order chi connectivity index (χ1) is 12.6. The van der Waals surface area contributed by atoms with E-state index >= 15 is 0 Å². The molecule has 0 aliphatic heterocycles. The highest BCUT2D eigenvalue weighted by molar-refractivity contribution is 6.06. The van der Waals surface area contributed by atoms with E-state index in [-0.39, 0.29) is 5.57 Å². The molecular formula is C20H19N5O. The number of rotatable bonds is 5. The van der Waals surface area contributed by atoms with E-state index in [1.54, 1.807) is 6.20 Å². The zero-order valence-electron chi connectivity index (χ0n) is 14.6. The number of aromatic amines is 1. The van der Waals surface area contributed by atoms with Gasteiger partial charge in [0.25, 0.3) is 5.91 Å². The Kier molecular flexibility index (Phi) is 4.99. The number of carbonyl (C=O) groups excluding carboxylic acids is 1. The Balaban J connectivity index is 1.69. The number of nitrogens with zero attached hydrogens (tertiary/aromatic N) is 2. The molecule has 6 heteroatoms. The largest absolute Gasteiger partial charge is 0.360 e. The number of benzene rings is 2. The molecule has 0 atom stereocenters. The number of nitriles is 1. The quantitative estimate of drug-likeness (QED) is 0.478. The van der Waals surface area contributed by atoms with Crippen molar-refractivity contribution in [3.63, 3.8) is 0 Å². The molecule has 0 radical (unpaired) electrons. The lowest BCUT2D eigenvalue weighted by Gasteiger charge is -2.08. The van der Waals surface area contributed by atoms with Crippen LogP contribution in [0, 0.1) is 11.3 Å². The molecule has 0 spiro atoms. The van der Waals surface area contributed by atoms with E-state index in [9.17, 15) is 10.1 Å². The first-order valence-electron chi connectivity index (χ1n) is 8.28. The van der Waals surface area contributed by atoms with Crippen molar-refractivity contribution in [1.82, 2.24) is 10.2 Å². The molecule has 130 valence electrons. The molecule has 0 saturated carbocycles. The lowest BCUT2D eigenvalue weighted by molar-refractivity contribution is -0.112. The zero-order chi connectivity index (χ0) is 18.5. The summed E-state index contributed by atoms with van der Waals surface area (Å²) in [5.74, 6) is -0.0364. The molecule has 3 N–H and O–H groups in total. The molecule has 6 nitrogen and oxygen atoms in total. The highest BCUT2D eigenvalue weighted by Gasteiger charge is 2.10. The molecule has 0 bridgehead atoms. The van der Waals surface area contributed by atoms with Gasteiger partial charge in [-0.3, -0.25) is 9.89 Å². The predicted molar refractivity (Wildman–Crippen MR) is 103 cm³/mol. The second-order valence-electron chi connectivity index (χ2n) is 6.22. The van der Waals surface area contributed by atoms with Crippen LogP contribution < -0.4 is 10.6 Å². The van der Waals surface area contributed by atoms with Crippen molar-refractivity contribution < 1.29 is 4.79 Å². The fourth-order valence-electron chi connectivity index (χ4n) is 2.48. The van der Waals surface area contributed by atoms with Crippen molar-refractivity contribution in [1.29, 1.82) is 5.26 Å². The summed E-state index contributed by atoms with van der Waals surface area (Å²) in [7, 11) is 0. The highest BCUT2D eigenvalue weighted by atomic mass is 16.1. The minimum Gasteiger partial charge on any atom is -0.360 e. The van der Waals surface area contributed by atoms with Gasteiger partial charge in [-0.05, 0) is 41.8 Å². The van der Waals surface area contributed by atoms with Crippen molar-refractivity contribution in [2.24, 2.45) is 0 Å². The topological polar surface area (TPSA) is 93.6 Å². The summed E-state index contributed by atoms with van der Waals surface area (Å²) in [6.45, 7) is 4.22. The molecule has 26 heavy (non-hydrogen) atoms. The van der Waals surface area contributed by atoms with Crippen LogP contribution in [0.3, 0.4) is 0 Å². The molecule has 1 aromatic heterocycles. The van der Waals surface area contributed by atoms with E-state index in [2.05, 4.69) is 34.7 Å². The van der Waals surface area contributed by atoms with Gasteiger partial charge in [0.1, 0.15) is 11.6 Å². The first kappa shape index (κ1) is 17.2. The van der Waals surface area contributed by atoms with Gasteiger partial charge in [0, 0.05) is 23.0 Å². The Morgan fingerprint density at radius 2 is 1.92 bits per heavy atom. The minimum atomic E-state index is -0.458. The SMILES string of the molecule is CC(C)c1ccc(NC(=O)/C(C#N)=C\Nc2ccc3cn[nH]c3c2)cc1. The van der Waals surface area contributed by atoms with Crippen LogP contribution in [0.5, 0.6) is 0 Å². The predicted octanol–water partition coefficient (Wildman–Crippen LogP) is 4.14. The van der Waals surface area contributed by atoms with Crippen molar-refractivity contribution in [2.75, 3.05) is 10.6 Å². The summed E-state index contributed by atoms with van der Waals surface area (Å²) >= 11 is 0. The number of carbonyl (C=O) groups is 1. The van der Waals surface area contributed by atoms with Crippen LogP contribution in [0.2, 0.25) is 0 Å². The van der Waals surface area contributed by atoms with E-state index in [1.165, 1.54) is 11.8 Å². The molecule has 0 aliphatic rings. The maximum Gasteiger partial charge on any atom is 0.267 e. The number of fused-ring (bicyclic) bond motifs is 1. The van der Waals surface area contributed by atoms with Gasteiger partial charge in [-0.2, -0.15) is 10.4 Å². The molecule has 3 rings (SSSR count). The summed E-state index contributed by atoms with van der Waals surface area (Å²) in [6, 6.07) is 15.1. The van der Waals surface area contributed by atoms with Crippen LogP contribution in [0.25, 0.3) is 10.9 Å². The van der Waals surface area contributed by atoms with E-state index in [0.717, 1.165) is 16.6 Å². The molecule has 0 unspecified atom stereocenters. The average Bonchev–Trinajstić information content (AvgIpc) is 3.10. The number of nitrogens with one attached hydrogen (secondary N) is 3. The standard InChI is InChI=1S/C20H19N5O/c1-13(2)14-3-6-17(7-4-14)24-20(26)16(10-21)11-22-18-8-5-15-12-23-25-19(15)9-18/h3-9,11-13,22H,1-2H3,(H,23,25)(H,24,26)/b16-11-. The maximum absolute atomic E-state index is 12.3. The number of H-pyrrole nitrogens is 1. The van der Waals surface area contributed by atoms with E-state index in [4.69, 9.17) is 0 Å². The monoisotopic (exact) mass is 345 g/mol. The van der Waals surface area contributed by atoms with Gasteiger partial charge in [0.05, 0.1) is 11.7 Å². The van der Waals surface area contributed by atoms with Gasteiger partial charge in [0.15, 0.2) is 0 Å². The number of aromatic nitrogens is 2. The molecule has 2 aromatic carbocycles. The van der Waals surface area contributed by atoms with Crippen LogP contribution in [0.1, 0.15) is 25.3 Å². The average molecular weight is 345 g/mol. The van der Waals surface area contributed by atoms with Gasteiger partial charge in [-0.25, -0.2) is 0 Å². The Bertz CT molecular complexity index is 993. The van der Waals surface area contributed by atoms with Crippen LogP contribution in [0.4, 0.5) is 11.4 Å². The normalized spacial score (nSPS) is 11.4. The smallest absolute Gasteiger partial charge is 0.267 e. The van der Waals surface area contributed by atoms with E-state index < -0.39 is 5.91 Å². The summed E-state index contributed by atoms with van der Waals surface area (Å²) in [4.78, 5) is 12.3. The summed E-state index contributed by atoms with van der Waals surface area (Å²) < 4.78 is 0. The molecule has 0 fully saturated rings. The summed E-state index contributed by atoms with van der Waals surface area (Å²) in [5.41, 5.74) is 3.46. The molecular weight excluding hydrogens is 326 g/mol. The summed E-state index contributed by atoms with van der Waals surface area (Å²) in [6.07, 6.45) is 3.13. The fourth-order valence-corrected chi connectivity index (χ4v) is 2.48. The Labute approximate surface area is 151 Å². The molecule has 1 heterocycles. The molecule has 0 aliphatic carbocycles. The van der Waals surface area contributed by atoms with Gasteiger partial charge >= 0.3 is 0 Å². The zero-order valence-corrected chi connectivity index (χ0v) is 14.6. The minimum absolute atomic E-state index is 0.0114. The Hall–Kier alpha value is -3.59. The number of anilines is 2. The molecule has 1 amide bonds. The first-order valence-corrected chi connectivity index (χ1v) is 8.28. The lowest BCUT2D eigenvalue weighted by atomic mass is 10.0. The van der Waals surface area contributed by atoms with Gasteiger partial charge in [0.2, 0.25) is 0 Å². The van der Waals surface area contributed by atoms with Crippen LogP contribution in [-0.2, 0) is 4.79 Å². The van der Waals surface area contributed by atoms with Crippen LogP contribution in [-0.4, -0.2) is 16.1 Å². The van der Waals surface area contributed by atoms with Gasteiger partial charge < -0.3 is 10.6 Å². The summed E-state index contributed by atoms with van der Waals surface area (Å²) in [5, 5.41) is 22.8. The molecule has 0 saturated heterocycles. The Morgan fingerprint density at radius 1 is 1.19 bits per heavy atom. The third-order valence-electron chi connectivity index (χ3n) is 4.03. The van der Waals surface area contributed by atoms with Crippen molar-refractivity contribution in [3.8, 4) is 6.07 Å². The van der Waals surface area contributed by atoms with Crippen LogP contribution >= 0.6 is 0 Å². The molecule has 3 aromatic rings. The Morgan fingerprint density at radius 3 is 2.62 bits per heavy atom. The third-order valence-corrected chi connectivity index (χ3v) is 4.03. The van der Waals surface area contributed by atoms with Gasteiger partial charge in [-0.1, -0.05) is 26.0 Å². The van der Waals surface area contributed by atoms with Crippen LogP contribution in [0.15, 0.2) is 60.4 Å². The number of amides is 1. The third kappa shape index (κ3) is 3.90. The highest BCUT2D eigenvalue weighted by Crippen LogP contribution is 2.18. The fraction of sp³-hybridized carbons (Fsp3) is 0.150. The van der Waals surface area contributed by atoms with Crippen molar-refractivity contribution in [2.45, 2.75) is 19.8 Å². The number of hydrogen-bond acceptors (Lipinski definition) is 4. The van der Waals surface area contributed by atoms with E-state index in [0.29, 0.717) is 11.6 Å². The lowest BCUT2D eigenvalue weighted by Crippen LogP contribution is -2.14. The number of hydrogen-bond donors (Lipinski definition) is 3. The van der Waals surface area contributed by atoms with Crippen molar-refractivity contribution >= 4 is 28.2 Å². The van der Waals surface area contributed by atoms with Gasteiger partial charge in [-0.15, -0.1) is 0 Å².